The highest BCUT2D eigenvalue weighted by Crippen LogP contribution is 2.24. The molecule has 2 saturated heterocycles. The van der Waals surface area contributed by atoms with E-state index < -0.39 is 11.9 Å². The second-order valence-electron chi connectivity index (χ2n) is 6.26. The topological polar surface area (TPSA) is 60.9 Å². The smallest absolute Gasteiger partial charge is 0.320 e. The van der Waals surface area contributed by atoms with E-state index in [0.29, 0.717) is 31.3 Å². The van der Waals surface area contributed by atoms with Crippen LogP contribution in [0.3, 0.4) is 0 Å². The van der Waals surface area contributed by atoms with Crippen LogP contribution in [0, 0.1) is 17.8 Å². The summed E-state index contributed by atoms with van der Waals surface area (Å²) in [6.45, 7) is 7.02. The van der Waals surface area contributed by atoms with Crippen LogP contribution in [0.15, 0.2) is 0 Å². The summed E-state index contributed by atoms with van der Waals surface area (Å²) < 4.78 is 0. The lowest BCUT2D eigenvalue weighted by Gasteiger charge is -2.40. The average Bonchev–Trinajstić information content (AvgIpc) is 2.37. The Balaban J connectivity index is 1.96. The number of carbonyl (C=O) groups excluding carboxylic acids is 1. The van der Waals surface area contributed by atoms with E-state index in [9.17, 15) is 9.59 Å². The van der Waals surface area contributed by atoms with Gasteiger partial charge in [0.25, 0.3) is 0 Å². The highest BCUT2D eigenvalue weighted by molar-refractivity contribution is 5.76. The predicted molar refractivity (Wildman–Crippen MR) is 71.8 cm³/mol. The summed E-state index contributed by atoms with van der Waals surface area (Å²) >= 11 is 0. The first-order chi connectivity index (χ1) is 8.97. The number of hydrogen-bond donors (Lipinski definition) is 1. The van der Waals surface area contributed by atoms with Gasteiger partial charge in [-0.05, 0) is 31.1 Å². The van der Waals surface area contributed by atoms with Crippen molar-refractivity contribution in [2.75, 3.05) is 26.2 Å². The number of hydrogen-bond acceptors (Lipinski definition) is 2. The lowest BCUT2D eigenvalue weighted by atomic mass is 9.92. The minimum Gasteiger partial charge on any atom is -0.481 e. The van der Waals surface area contributed by atoms with Crippen LogP contribution >= 0.6 is 0 Å². The maximum Gasteiger partial charge on any atom is 0.320 e. The van der Waals surface area contributed by atoms with Crippen LogP contribution in [-0.4, -0.2) is 53.1 Å². The highest BCUT2D eigenvalue weighted by Gasteiger charge is 2.33. The maximum absolute atomic E-state index is 12.5. The van der Waals surface area contributed by atoms with E-state index in [2.05, 4.69) is 13.8 Å². The summed E-state index contributed by atoms with van der Waals surface area (Å²) in [6.07, 6.45) is 2.65. The summed E-state index contributed by atoms with van der Waals surface area (Å²) in [5, 5.41) is 9.08. The van der Waals surface area contributed by atoms with Crippen LogP contribution in [-0.2, 0) is 4.79 Å². The van der Waals surface area contributed by atoms with Gasteiger partial charge in [-0.1, -0.05) is 13.8 Å². The third-order valence-corrected chi connectivity index (χ3v) is 4.18. The normalized spacial score (nSPS) is 32.2. The average molecular weight is 268 g/mol. The van der Waals surface area contributed by atoms with Gasteiger partial charge in [0.15, 0.2) is 0 Å². The van der Waals surface area contributed by atoms with Crippen LogP contribution in [0.1, 0.15) is 33.1 Å². The second kappa shape index (κ2) is 5.80. The van der Waals surface area contributed by atoms with E-state index in [0.717, 1.165) is 19.5 Å². The molecule has 3 atom stereocenters. The Morgan fingerprint density at radius 3 is 2.26 bits per heavy atom. The molecule has 2 aliphatic rings. The molecule has 108 valence electrons. The van der Waals surface area contributed by atoms with E-state index in [4.69, 9.17) is 5.11 Å². The molecule has 0 spiro atoms. The molecule has 0 radical (unpaired) electrons. The largest absolute Gasteiger partial charge is 0.481 e. The first kappa shape index (κ1) is 14.2. The third-order valence-electron chi connectivity index (χ3n) is 4.18. The molecule has 19 heavy (non-hydrogen) atoms. The minimum atomic E-state index is -0.780. The van der Waals surface area contributed by atoms with Crippen molar-refractivity contribution in [3.8, 4) is 0 Å². The number of urea groups is 1. The number of amides is 2. The first-order valence-corrected chi connectivity index (χ1v) is 7.24. The van der Waals surface area contributed by atoms with Crippen molar-refractivity contribution < 1.29 is 14.7 Å². The quantitative estimate of drug-likeness (QED) is 0.790. The predicted octanol–water partition coefficient (Wildman–Crippen LogP) is 1.88. The first-order valence-electron chi connectivity index (χ1n) is 7.24. The number of likely N-dealkylation sites (tertiary alicyclic amines) is 2. The van der Waals surface area contributed by atoms with Crippen LogP contribution in [0.2, 0.25) is 0 Å². The standard InChI is InChI=1S/C14H24N2O3/c1-10-6-11(2)8-16(7-10)14(19)15-5-3-4-12(9-15)13(17)18/h10-12H,3-9H2,1-2H3,(H,17,18). The summed E-state index contributed by atoms with van der Waals surface area (Å²) in [4.78, 5) is 27.2. The fourth-order valence-corrected chi connectivity index (χ4v) is 3.37. The molecule has 0 aliphatic carbocycles. The lowest BCUT2D eigenvalue weighted by molar-refractivity contribution is -0.143. The molecule has 1 N–H and O–H groups in total. The van der Waals surface area contributed by atoms with Crippen LogP contribution in [0.5, 0.6) is 0 Å². The van der Waals surface area contributed by atoms with Gasteiger partial charge in [0.05, 0.1) is 5.92 Å². The summed E-state index contributed by atoms with van der Waals surface area (Å²) in [7, 11) is 0. The molecule has 0 aromatic carbocycles. The number of carbonyl (C=O) groups is 2. The summed E-state index contributed by atoms with van der Waals surface area (Å²) in [6, 6.07) is 0.0318. The van der Waals surface area contributed by atoms with Crippen LogP contribution in [0.25, 0.3) is 0 Å². The monoisotopic (exact) mass is 268 g/mol. The Hall–Kier alpha value is -1.26. The fourth-order valence-electron chi connectivity index (χ4n) is 3.37. The van der Waals surface area contributed by atoms with E-state index in [1.54, 1.807) is 4.90 Å². The van der Waals surface area contributed by atoms with Gasteiger partial charge in [-0.25, -0.2) is 4.79 Å². The van der Waals surface area contributed by atoms with E-state index >= 15 is 0 Å². The molecule has 3 unspecified atom stereocenters. The molecule has 2 rings (SSSR count). The maximum atomic E-state index is 12.5. The van der Waals surface area contributed by atoms with E-state index in [1.807, 2.05) is 4.90 Å². The van der Waals surface area contributed by atoms with Gasteiger partial charge in [0, 0.05) is 26.2 Å². The Labute approximate surface area is 114 Å². The molecule has 0 aromatic heterocycles. The molecular weight excluding hydrogens is 244 g/mol. The molecule has 2 amide bonds. The van der Waals surface area contributed by atoms with Gasteiger partial charge in [-0.2, -0.15) is 0 Å². The van der Waals surface area contributed by atoms with Crippen molar-refractivity contribution >= 4 is 12.0 Å². The van der Waals surface area contributed by atoms with Crippen molar-refractivity contribution in [3.63, 3.8) is 0 Å². The van der Waals surface area contributed by atoms with Crippen molar-refractivity contribution in [1.82, 2.24) is 9.80 Å². The molecule has 0 bridgehead atoms. The van der Waals surface area contributed by atoms with Crippen molar-refractivity contribution in [3.05, 3.63) is 0 Å². The van der Waals surface area contributed by atoms with Gasteiger partial charge in [-0.15, -0.1) is 0 Å². The second-order valence-corrected chi connectivity index (χ2v) is 6.26. The SMILES string of the molecule is CC1CC(C)CN(C(=O)N2CCCC(C(=O)O)C2)C1. The third kappa shape index (κ3) is 3.39. The van der Waals surface area contributed by atoms with Crippen molar-refractivity contribution in [2.45, 2.75) is 33.1 Å². The molecule has 2 heterocycles. The molecule has 2 fully saturated rings. The molecular formula is C14H24N2O3. The number of carboxylic acid groups (broad SMARTS) is 1. The van der Waals surface area contributed by atoms with Crippen LogP contribution in [0.4, 0.5) is 4.79 Å². The van der Waals surface area contributed by atoms with Crippen molar-refractivity contribution in [2.24, 2.45) is 17.8 Å². The Morgan fingerprint density at radius 1 is 1.05 bits per heavy atom. The lowest BCUT2D eigenvalue weighted by Crippen LogP contribution is -2.52. The van der Waals surface area contributed by atoms with Gasteiger partial charge in [0.1, 0.15) is 0 Å². The zero-order chi connectivity index (χ0) is 14.0. The zero-order valence-electron chi connectivity index (χ0n) is 11.8. The van der Waals surface area contributed by atoms with Crippen LogP contribution < -0.4 is 0 Å². The number of carboxylic acids is 1. The summed E-state index contributed by atoms with van der Waals surface area (Å²) in [5.74, 6) is -0.101. The molecule has 5 heteroatoms. The Kier molecular flexibility index (Phi) is 4.32. The van der Waals surface area contributed by atoms with E-state index in [1.165, 1.54) is 6.42 Å². The fraction of sp³-hybridized carbons (Fsp3) is 0.857. The summed E-state index contributed by atoms with van der Waals surface area (Å²) in [5.41, 5.74) is 0. The molecule has 2 aliphatic heterocycles. The van der Waals surface area contributed by atoms with Gasteiger partial charge < -0.3 is 14.9 Å². The molecule has 0 saturated carbocycles. The van der Waals surface area contributed by atoms with Gasteiger partial charge in [-0.3, -0.25) is 4.79 Å². The molecule has 5 nitrogen and oxygen atoms in total. The zero-order valence-corrected chi connectivity index (χ0v) is 11.8. The molecule has 0 aromatic rings. The minimum absolute atomic E-state index is 0.0318. The number of rotatable bonds is 1. The highest BCUT2D eigenvalue weighted by atomic mass is 16.4. The van der Waals surface area contributed by atoms with E-state index in [-0.39, 0.29) is 6.03 Å². The van der Waals surface area contributed by atoms with Gasteiger partial charge >= 0.3 is 12.0 Å². The van der Waals surface area contributed by atoms with Crippen molar-refractivity contribution in [1.29, 1.82) is 0 Å². The Morgan fingerprint density at radius 2 is 1.68 bits per heavy atom. The number of piperidine rings is 2. The van der Waals surface area contributed by atoms with Gasteiger partial charge in [0.2, 0.25) is 0 Å². The number of nitrogens with zero attached hydrogens (tertiary/aromatic N) is 2. The number of aliphatic carboxylic acids is 1. The Bertz CT molecular complexity index is 349.